The van der Waals surface area contributed by atoms with Crippen molar-refractivity contribution < 1.29 is 23.9 Å². The van der Waals surface area contributed by atoms with Crippen LogP contribution in [0.3, 0.4) is 0 Å². The van der Waals surface area contributed by atoms with E-state index in [-0.39, 0.29) is 19.7 Å². The van der Waals surface area contributed by atoms with Gasteiger partial charge in [-0.3, -0.25) is 24.1 Å². The molecule has 0 aromatic heterocycles. The van der Waals surface area contributed by atoms with E-state index in [1.54, 1.807) is 36.4 Å². The summed E-state index contributed by atoms with van der Waals surface area (Å²) in [5, 5.41) is 4.42. The Bertz CT molecular complexity index is 1500. The van der Waals surface area contributed by atoms with Crippen molar-refractivity contribution in [3.8, 4) is 0 Å². The van der Waals surface area contributed by atoms with E-state index in [1.807, 2.05) is 60.7 Å². The van der Waals surface area contributed by atoms with Crippen molar-refractivity contribution in [3.05, 3.63) is 108 Å². The molecule has 1 unspecified atom stereocenters. The lowest BCUT2D eigenvalue weighted by Crippen LogP contribution is -2.53. The minimum absolute atomic E-state index is 0.0606. The van der Waals surface area contributed by atoms with Gasteiger partial charge in [0.05, 0.1) is 17.9 Å². The molecule has 0 radical (unpaired) electrons. The zero-order chi connectivity index (χ0) is 26.5. The molecule has 3 amide bonds. The molecule has 4 aromatic carbocycles. The molecule has 4 aromatic rings. The summed E-state index contributed by atoms with van der Waals surface area (Å²) in [5.74, 6) is -1.59. The van der Waals surface area contributed by atoms with E-state index in [9.17, 15) is 19.2 Å². The average molecular weight is 508 g/mol. The summed E-state index contributed by atoms with van der Waals surface area (Å²) >= 11 is 0. The van der Waals surface area contributed by atoms with Gasteiger partial charge in [0.15, 0.2) is 0 Å². The number of nitrogens with one attached hydrogen (secondary N) is 1. The van der Waals surface area contributed by atoms with Crippen LogP contribution in [0.5, 0.6) is 0 Å². The van der Waals surface area contributed by atoms with Gasteiger partial charge in [0.1, 0.15) is 19.2 Å². The Balaban J connectivity index is 1.42. The molecule has 0 saturated heterocycles. The molecule has 38 heavy (non-hydrogen) atoms. The molecule has 0 bridgehead atoms. The molecule has 0 aliphatic carbocycles. The van der Waals surface area contributed by atoms with E-state index in [1.165, 1.54) is 9.80 Å². The highest BCUT2D eigenvalue weighted by molar-refractivity contribution is 6.11. The van der Waals surface area contributed by atoms with Crippen LogP contribution in [0.15, 0.2) is 97.1 Å². The first-order chi connectivity index (χ1) is 18.5. The van der Waals surface area contributed by atoms with Gasteiger partial charge in [0.2, 0.25) is 6.41 Å². The van der Waals surface area contributed by atoms with E-state index in [0.29, 0.717) is 23.3 Å². The van der Waals surface area contributed by atoms with Crippen molar-refractivity contribution in [3.63, 3.8) is 0 Å². The average Bonchev–Trinajstić information content (AvgIpc) is 3.06. The van der Waals surface area contributed by atoms with E-state index in [0.717, 1.165) is 16.3 Å². The maximum atomic E-state index is 13.8. The fourth-order valence-electron chi connectivity index (χ4n) is 4.56. The Kier molecular flexibility index (Phi) is 7.13. The van der Waals surface area contributed by atoms with Crippen LogP contribution in [-0.2, 0) is 25.7 Å². The second-order valence-electron chi connectivity index (χ2n) is 8.87. The summed E-state index contributed by atoms with van der Waals surface area (Å²) < 4.78 is 5.42. The fourth-order valence-corrected chi connectivity index (χ4v) is 4.56. The number of anilines is 2. The molecule has 8 nitrogen and oxygen atoms in total. The maximum Gasteiger partial charge on any atom is 0.326 e. The topological polar surface area (TPSA) is 96.0 Å². The third kappa shape index (κ3) is 5.10. The summed E-state index contributed by atoms with van der Waals surface area (Å²) in [6, 6.07) is 27.7. The Morgan fingerprint density at radius 1 is 0.868 bits per heavy atom. The zero-order valence-electron chi connectivity index (χ0n) is 20.4. The van der Waals surface area contributed by atoms with Gasteiger partial charge in [-0.05, 0) is 34.5 Å². The zero-order valence-corrected chi connectivity index (χ0v) is 20.4. The lowest BCUT2D eigenvalue weighted by atomic mass is 10.0. The summed E-state index contributed by atoms with van der Waals surface area (Å²) in [6.45, 7) is -0.410. The maximum absolute atomic E-state index is 13.8. The highest BCUT2D eigenvalue weighted by Gasteiger charge is 2.36. The molecular weight excluding hydrogens is 482 g/mol. The third-order valence-electron chi connectivity index (χ3n) is 6.42. The normalized spacial score (nSPS) is 14.9. The smallest absolute Gasteiger partial charge is 0.326 e. The van der Waals surface area contributed by atoms with Gasteiger partial charge in [0.25, 0.3) is 11.8 Å². The number of amides is 3. The second-order valence-corrected chi connectivity index (χ2v) is 8.87. The van der Waals surface area contributed by atoms with Crippen LogP contribution < -0.4 is 15.1 Å². The molecule has 5 rings (SSSR count). The number of fused-ring (bicyclic) bond motifs is 2. The van der Waals surface area contributed by atoms with E-state index in [4.69, 9.17) is 4.74 Å². The molecule has 0 spiro atoms. The molecule has 1 atom stereocenters. The Labute approximate surface area is 219 Å². The van der Waals surface area contributed by atoms with Crippen LogP contribution in [-0.4, -0.2) is 43.3 Å². The van der Waals surface area contributed by atoms with Crippen LogP contribution in [0.25, 0.3) is 10.8 Å². The first-order valence-electron chi connectivity index (χ1n) is 12.2. The number of hydrogen-bond acceptors (Lipinski definition) is 5. The molecule has 8 heteroatoms. The van der Waals surface area contributed by atoms with Crippen LogP contribution in [0.4, 0.5) is 11.4 Å². The van der Waals surface area contributed by atoms with Crippen molar-refractivity contribution in [1.82, 2.24) is 5.32 Å². The van der Waals surface area contributed by atoms with Gasteiger partial charge in [-0.2, -0.15) is 0 Å². The van der Waals surface area contributed by atoms with E-state index < -0.39 is 23.8 Å². The van der Waals surface area contributed by atoms with Crippen molar-refractivity contribution in [1.29, 1.82) is 0 Å². The highest BCUT2D eigenvalue weighted by Crippen LogP contribution is 2.32. The molecule has 0 saturated carbocycles. The number of esters is 1. The predicted octanol–water partition coefficient (Wildman–Crippen LogP) is 3.69. The lowest BCUT2D eigenvalue weighted by Gasteiger charge is -2.24. The number of benzene rings is 4. The van der Waals surface area contributed by atoms with Crippen LogP contribution in [0.2, 0.25) is 0 Å². The van der Waals surface area contributed by atoms with Gasteiger partial charge in [-0.1, -0.05) is 78.9 Å². The number of para-hydroxylation sites is 2. The standard InChI is InChI=1S/C30H25N3O5/c34-20-32-17-25(31-29(36)24-14-8-12-22-11-4-5-13-23(22)24)30(37)33(27-16-7-6-15-26(27)32)18-28(35)38-19-21-9-2-1-3-10-21/h1-16,20,25H,17-19H2,(H,31,36). The quantitative estimate of drug-likeness (QED) is 0.304. The number of carbonyl (C=O) groups excluding carboxylic acids is 4. The first kappa shape index (κ1) is 24.7. The second kappa shape index (κ2) is 11.0. The summed E-state index contributed by atoms with van der Waals surface area (Å²) in [7, 11) is 0. The molecule has 1 N–H and O–H groups in total. The largest absolute Gasteiger partial charge is 0.459 e. The van der Waals surface area contributed by atoms with E-state index in [2.05, 4.69) is 5.32 Å². The number of ether oxygens (including phenoxy) is 1. The number of carbonyl (C=O) groups is 4. The Morgan fingerprint density at radius 2 is 1.55 bits per heavy atom. The number of hydrogen-bond donors (Lipinski definition) is 1. The van der Waals surface area contributed by atoms with Crippen molar-refractivity contribution >= 4 is 46.3 Å². The minimum atomic E-state index is -1.10. The predicted molar refractivity (Wildman–Crippen MR) is 144 cm³/mol. The minimum Gasteiger partial charge on any atom is -0.459 e. The van der Waals surface area contributed by atoms with Gasteiger partial charge < -0.3 is 15.0 Å². The first-order valence-corrected chi connectivity index (χ1v) is 12.2. The Morgan fingerprint density at radius 3 is 2.34 bits per heavy atom. The molecule has 1 aliphatic rings. The molecular formula is C30H25N3O5. The van der Waals surface area contributed by atoms with Gasteiger partial charge in [0, 0.05) is 5.56 Å². The molecule has 1 heterocycles. The molecule has 0 fully saturated rings. The monoisotopic (exact) mass is 507 g/mol. The van der Waals surface area contributed by atoms with Crippen LogP contribution >= 0.6 is 0 Å². The Hall–Kier alpha value is -4.98. The summed E-state index contributed by atoms with van der Waals surface area (Å²) in [5.41, 5.74) is 2.05. The molecule has 1 aliphatic heterocycles. The van der Waals surface area contributed by atoms with Crippen molar-refractivity contribution in [2.45, 2.75) is 12.6 Å². The van der Waals surface area contributed by atoms with Crippen LogP contribution in [0, 0.1) is 0 Å². The van der Waals surface area contributed by atoms with E-state index >= 15 is 0 Å². The lowest BCUT2D eigenvalue weighted by molar-refractivity contribution is -0.144. The van der Waals surface area contributed by atoms with Gasteiger partial charge >= 0.3 is 5.97 Å². The fraction of sp³-hybridized carbons (Fsp3) is 0.133. The highest BCUT2D eigenvalue weighted by atomic mass is 16.5. The number of nitrogens with zero attached hydrogens (tertiary/aromatic N) is 2. The van der Waals surface area contributed by atoms with Crippen LogP contribution in [0.1, 0.15) is 15.9 Å². The number of rotatable bonds is 7. The van der Waals surface area contributed by atoms with Crippen molar-refractivity contribution in [2.75, 3.05) is 22.9 Å². The summed E-state index contributed by atoms with van der Waals surface area (Å²) in [6.07, 6.45) is 0.612. The molecule has 190 valence electrons. The SMILES string of the molecule is O=CN1CC(NC(=O)c2cccc3ccccc23)C(=O)N(CC(=O)OCc2ccccc2)c2ccccc21. The third-order valence-corrected chi connectivity index (χ3v) is 6.42. The summed E-state index contributed by atoms with van der Waals surface area (Å²) in [4.78, 5) is 54.6. The van der Waals surface area contributed by atoms with Crippen molar-refractivity contribution in [2.24, 2.45) is 0 Å². The van der Waals surface area contributed by atoms with Gasteiger partial charge in [-0.25, -0.2) is 0 Å². The van der Waals surface area contributed by atoms with Gasteiger partial charge in [-0.15, -0.1) is 0 Å².